The number of aryl methyl sites for hydroxylation is 1. The molecule has 0 unspecified atom stereocenters. The average molecular weight is 331 g/mol. The van der Waals surface area contributed by atoms with Crippen molar-refractivity contribution in [1.29, 1.82) is 0 Å². The molecule has 0 saturated heterocycles. The third-order valence-corrected chi connectivity index (χ3v) is 4.25. The highest BCUT2D eigenvalue weighted by atomic mass is 35.5. The zero-order valence-corrected chi connectivity index (χ0v) is 13.3. The Morgan fingerprint density at radius 1 is 1.29 bits per heavy atom. The Balaban J connectivity index is 2.21. The summed E-state index contributed by atoms with van der Waals surface area (Å²) in [4.78, 5) is 11.4. The van der Waals surface area contributed by atoms with Crippen LogP contribution in [-0.2, 0) is 9.84 Å². The zero-order valence-electron chi connectivity index (χ0n) is 11.7. The number of ether oxygens (including phenoxy) is 1. The van der Waals surface area contributed by atoms with Crippen molar-refractivity contribution >= 4 is 32.4 Å². The van der Waals surface area contributed by atoms with Gasteiger partial charge in [-0.15, -0.1) is 0 Å². The molecule has 0 N–H and O–H groups in total. The van der Waals surface area contributed by atoms with Crippen LogP contribution in [0.3, 0.4) is 0 Å². The van der Waals surface area contributed by atoms with Crippen LogP contribution in [0.1, 0.15) is 12.0 Å². The molecule has 7 heteroatoms. The summed E-state index contributed by atoms with van der Waals surface area (Å²) in [6.45, 7) is 2.01. The lowest BCUT2D eigenvalue weighted by atomic mass is 10.1. The van der Waals surface area contributed by atoms with Crippen molar-refractivity contribution < 1.29 is 17.6 Å². The van der Waals surface area contributed by atoms with Crippen LogP contribution in [0.4, 0.5) is 0 Å². The predicted octanol–water partition coefficient (Wildman–Crippen LogP) is 2.57. The molecule has 0 spiro atoms. The molecule has 0 aliphatic rings. The minimum Gasteiger partial charge on any atom is -0.492 e. The predicted molar refractivity (Wildman–Crippen MR) is 82.1 cm³/mol. The van der Waals surface area contributed by atoms with Crippen molar-refractivity contribution in [3.8, 4) is 5.75 Å². The normalized spacial score (nSPS) is 11.8. The van der Waals surface area contributed by atoms with Gasteiger partial charge in [-0.05, 0) is 25.0 Å². The second-order valence-electron chi connectivity index (χ2n) is 4.86. The van der Waals surface area contributed by atoms with Gasteiger partial charge in [0.15, 0.2) is 0 Å². The molecular formula is C14H15ClO5S. The first-order chi connectivity index (χ1) is 9.76. The van der Waals surface area contributed by atoms with E-state index in [1.165, 1.54) is 12.3 Å². The highest BCUT2D eigenvalue weighted by Gasteiger charge is 2.09. The molecule has 0 fully saturated rings. The first-order valence-electron chi connectivity index (χ1n) is 6.31. The summed E-state index contributed by atoms with van der Waals surface area (Å²) in [6.07, 6.45) is 1.54. The molecule has 21 heavy (non-hydrogen) atoms. The highest BCUT2D eigenvalue weighted by Crippen LogP contribution is 2.31. The molecule has 0 aliphatic heterocycles. The van der Waals surface area contributed by atoms with E-state index in [4.69, 9.17) is 20.8 Å². The number of hydrogen-bond acceptors (Lipinski definition) is 5. The SMILES string of the molecule is Cc1cc(=O)oc2cc(OCCCS(C)(=O)=O)c(Cl)cc12. The number of fused-ring (bicyclic) bond motifs is 1. The summed E-state index contributed by atoms with van der Waals surface area (Å²) < 4.78 is 32.6. The van der Waals surface area contributed by atoms with E-state index in [1.807, 2.05) is 0 Å². The van der Waals surface area contributed by atoms with Crippen LogP contribution in [0, 0.1) is 6.92 Å². The fraction of sp³-hybridized carbons (Fsp3) is 0.357. The summed E-state index contributed by atoms with van der Waals surface area (Å²) in [5.41, 5.74) is 0.722. The molecule has 0 bridgehead atoms. The molecule has 0 atom stereocenters. The average Bonchev–Trinajstić information content (AvgIpc) is 2.35. The van der Waals surface area contributed by atoms with Crippen LogP contribution >= 0.6 is 11.6 Å². The lowest BCUT2D eigenvalue weighted by Gasteiger charge is -2.09. The Bertz CT molecular complexity index is 823. The quantitative estimate of drug-likeness (QED) is 0.622. The van der Waals surface area contributed by atoms with Crippen LogP contribution < -0.4 is 10.4 Å². The van der Waals surface area contributed by atoms with E-state index in [1.54, 1.807) is 19.1 Å². The Labute approximate surface area is 127 Å². The van der Waals surface area contributed by atoms with Crippen molar-refractivity contribution in [3.05, 3.63) is 39.2 Å². The summed E-state index contributed by atoms with van der Waals surface area (Å²) in [5.74, 6) is 0.415. The standard InChI is InChI=1S/C14H15ClO5S/c1-9-6-14(16)20-12-8-13(11(15)7-10(9)12)19-4-3-5-21(2,17)18/h6-8H,3-5H2,1-2H3. The Kier molecular flexibility index (Phi) is 4.58. The van der Waals surface area contributed by atoms with Crippen LogP contribution in [0.2, 0.25) is 5.02 Å². The Morgan fingerprint density at radius 2 is 2.00 bits per heavy atom. The largest absolute Gasteiger partial charge is 0.492 e. The molecule has 1 aromatic heterocycles. The molecule has 5 nitrogen and oxygen atoms in total. The van der Waals surface area contributed by atoms with Gasteiger partial charge in [0.1, 0.15) is 21.2 Å². The molecule has 0 saturated carbocycles. The summed E-state index contributed by atoms with van der Waals surface area (Å²) in [5, 5.41) is 1.13. The number of sulfone groups is 1. The first kappa shape index (κ1) is 15.9. The van der Waals surface area contributed by atoms with Crippen molar-refractivity contribution in [2.24, 2.45) is 0 Å². The summed E-state index contributed by atoms with van der Waals surface area (Å²) >= 11 is 6.12. The number of rotatable bonds is 5. The van der Waals surface area contributed by atoms with E-state index >= 15 is 0 Å². The molecule has 2 rings (SSSR count). The van der Waals surface area contributed by atoms with Crippen molar-refractivity contribution in [2.75, 3.05) is 18.6 Å². The lowest BCUT2D eigenvalue weighted by molar-refractivity contribution is 0.318. The van der Waals surface area contributed by atoms with Gasteiger partial charge in [0.05, 0.1) is 17.4 Å². The first-order valence-corrected chi connectivity index (χ1v) is 8.74. The topological polar surface area (TPSA) is 73.6 Å². The maximum Gasteiger partial charge on any atom is 0.336 e. The monoisotopic (exact) mass is 330 g/mol. The molecule has 2 aromatic rings. The van der Waals surface area contributed by atoms with E-state index in [2.05, 4.69) is 0 Å². The van der Waals surface area contributed by atoms with Gasteiger partial charge in [-0.2, -0.15) is 0 Å². The number of hydrogen-bond donors (Lipinski definition) is 0. The molecule has 0 radical (unpaired) electrons. The third kappa shape index (κ3) is 4.22. The molecule has 114 valence electrons. The maximum absolute atomic E-state index is 11.4. The molecule has 1 aromatic carbocycles. The van der Waals surface area contributed by atoms with Crippen LogP contribution in [0.15, 0.2) is 27.4 Å². The second-order valence-corrected chi connectivity index (χ2v) is 7.53. The number of benzene rings is 1. The fourth-order valence-electron chi connectivity index (χ4n) is 1.93. The van der Waals surface area contributed by atoms with Gasteiger partial charge >= 0.3 is 5.63 Å². The molecular weight excluding hydrogens is 316 g/mol. The second kappa shape index (κ2) is 6.07. The molecule has 1 heterocycles. The van der Waals surface area contributed by atoms with Crippen LogP contribution in [-0.4, -0.2) is 27.0 Å². The van der Waals surface area contributed by atoms with E-state index in [9.17, 15) is 13.2 Å². The van der Waals surface area contributed by atoms with E-state index in [-0.39, 0.29) is 12.4 Å². The fourth-order valence-corrected chi connectivity index (χ4v) is 2.79. The van der Waals surface area contributed by atoms with Gasteiger partial charge in [-0.25, -0.2) is 13.2 Å². The highest BCUT2D eigenvalue weighted by molar-refractivity contribution is 7.90. The van der Waals surface area contributed by atoms with E-state index in [0.29, 0.717) is 22.8 Å². The van der Waals surface area contributed by atoms with Crippen molar-refractivity contribution in [2.45, 2.75) is 13.3 Å². The number of halogens is 1. The minimum absolute atomic E-state index is 0.0480. The smallest absolute Gasteiger partial charge is 0.336 e. The third-order valence-electron chi connectivity index (χ3n) is 2.92. The van der Waals surface area contributed by atoms with Crippen molar-refractivity contribution in [1.82, 2.24) is 0 Å². The summed E-state index contributed by atoms with van der Waals surface area (Å²) in [6, 6.07) is 4.61. The Morgan fingerprint density at radius 3 is 2.67 bits per heavy atom. The van der Waals surface area contributed by atoms with Gasteiger partial charge in [-0.1, -0.05) is 11.6 Å². The van der Waals surface area contributed by atoms with Gasteiger partial charge in [-0.3, -0.25) is 0 Å². The van der Waals surface area contributed by atoms with E-state index in [0.717, 1.165) is 10.9 Å². The Hall–Kier alpha value is -1.53. The van der Waals surface area contributed by atoms with Gasteiger partial charge in [0, 0.05) is 23.8 Å². The lowest BCUT2D eigenvalue weighted by Crippen LogP contribution is -2.08. The van der Waals surface area contributed by atoms with E-state index < -0.39 is 15.5 Å². The molecule has 0 amide bonds. The van der Waals surface area contributed by atoms with Crippen LogP contribution in [0.5, 0.6) is 5.75 Å². The maximum atomic E-state index is 11.4. The van der Waals surface area contributed by atoms with Gasteiger partial charge in [0.25, 0.3) is 0 Å². The van der Waals surface area contributed by atoms with Gasteiger partial charge in [0.2, 0.25) is 0 Å². The summed E-state index contributed by atoms with van der Waals surface area (Å²) in [7, 11) is -3.01. The van der Waals surface area contributed by atoms with Gasteiger partial charge < -0.3 is 9.15 Å². The zero-order chi connectivity index (χ0) is 15.6. The molecule has 0 aliphatic carbocycles. The van der Waals surface area contributed by atoms with Crippen molar-refractivity contribution in [3.63, 3.8) is 0 Å². The van der Waals surface area contributed by atoms with Crippen LogP contribution in [0.25, 0.3) is 11.0 Å². The minimum atomic E-state index is -3.01.